The zero-order valence-corrected chi connectivity index (χ0v) is 10.8. The standard InChI is InChI=1S/C15H11F2N3O/c16-10-6-7-12(11(17)8-10)20-15(21)13(18)14(19-20)9-4-2-1-3-5-9/h1-8,19H,18H2. The summed E-state index contributed by atoms with van der Waals surface area (Å²) in [5, 5.41) is 2.76. The Hall–Kier alpha value is -2.89. The number of nitrogens with one attached hydrogen (secondary N) is 1. The van der Waals surface area contributed by atoms with Gasteiger partial charge in [-0.2, -0.15) is 0 Å². The number of nitrogen functional groups attached to an aromatic ring is 1. The van der Waals surface area contributed by atoms with E-state index in [0.717, 1.165) is 10.7 Å². The minimum absolute atomic E-state index is 0.0232. The Morgan fingerprint density at radius 2 is 1.76 bits per heavy atom. The fourth-order valence-electron chi connectivity index (χ4n) is 2.11. The van der Waals surface area contributed by atoms with Crippen LogP contribution in [-0.2, 0) is 0 Å². The van der Waals surface area contributed by atoms with Gasteiger partial charge < -0.3 is 5.73 Å². The molecule has 3 rings (SSSR count). The van der Waals surface area contributed by atoms with Crippen molar-refractivity contribution in [1.29, 1.82) is 0 Å². The second kappa shape index (κ2) is 4.90. The van der Waals surface area contributed by atoms with E-state index in [2.05, 4.69) is 5.10 Å². The van der Waals surface area contributed by atoms with Crippen LogP contribution in [0.3, 0.4) is 0 Å². The molecule has 0 aliphatic heterocycles. The van der Waals surface area contributed by atoms with Gasteiger partial charge in [0.2, 0.25) is 0 Å². The van der Waals surface area contributed by atoms with Crippen LogP contribution in [0.5, 0.6) is 0 Å². The highest BCUT2D eigenvalue weighted by atomic mass is 19.1. The molecule has 0 saturated carbocycles. The monoisotopic (exact) mass is 287 g/mol. The summed E-state index contributed by atoms with van der Waals surface area (Å²) < 4.78 is 27.7. The van der Waals surface area contributed by atoms with E-state index >= 15 is 0 Å². The van der Waals surface area contributed by atoms with Crippen LogP contribution in [0.2, 0.25) is 0 Å². The van der Waals surface area contributed by atoms with Crippen molar-refractivity contribution in [2.45, 2.75) is 0 Å². The van der Waals surface area contributed by atoms with Gasteiger partial charge in [-0.15, -0.1) is 0 Å². The lowest BCUT2D eigenvalue weighted by atomic mass is 10.1. The van der Waals surface area contributed by atoms with E-state index in [9.17, 15) is 13.6 Å². The largest absolute Gasteiger partial charge is 0.392 e. The van der Waals surface area contributed by atoms with Gasteiger partial charge in [-0.25, -0.2) is 13.5 Å². The van der Waals surface area contributed by atoms with Crippen molar-refractivity contribution >= 4 is 5.69 Å². The van der Waals surface area contributed by atoms with Gasteiger partial charge in [0.25, 0.3) is 5.56 Å². The lowest BCUT2D eigenvalue weighted by Crippen LogP contribution is -2.17. The second-order valence-electron chi connectivity index (χ2n) is 4.50. The van der Waals surface area contributed by atoms with Crippen molar-refractivity contribution in [1.82, 2.24) is 9.78 Å². The second-order valence-corrected chi connectivity index (χ2v) is 4.50. The third-order valence-electron chi connectivity index (χ3n) is 3.14. The van der Waals surface area contributed by atoms with Crippen molar-refractivity contribution in [3.05, 3.63) is 70.5 Å². The molecule has 0 aliphatic rings. The molecule has 6 heteroatoms. The molecule has 4 nitrogen and oxygen atoms in total. The molecule has 0 saturated heterocycles. The van der Waals surface area contributed by atoms with E-state index < -0.39 is 17.2 Å². The van der Waals surface area contributed by atoms with Crippen LogP contribution >= 0.6 is 0 Å². The first kappa shape index (κ1) is 13.1. The summed E-state index contributed by atoms with van der Waals surface area (Å²) in [4.78, 5) is 12.1. The van der Waals surface area contributed by atoms with Gasteiger partial charge in [-0.1, -0.05) is 30.3 Å². The van der Waals surface area contributed by atoms with Gasteiger partial charge >= 0.3 is 0 Å². The first-order chi connectivity index (χ1) is 10.1. The van der Waals surface area contributed by atoms with Gasteiger partial charge in [0.15, 0.2) is 5.82 Å². The quantitative estimate of drug-likeness (QED) is 0.761. The summed E-state index contributed by atoms with van der Waals surface area (Å²) in [6, 6.07) is 11.9. The number of anilines is 1. The average Bonchev–Trinajstić information content (AvgIpc) is 2.77. The van der Waals surface area contributed by atoms with Crippen LogP contribution < -0.4 is 11.3 Å². The summed E-state index contributed by atoms with van der Waals surface area (Å²) in [6.45, 7) is 0. The third kappa shape index (κ3) is 2.20. The van der Waals surface area contributed by atoms with Gasteiger partial charge in [0, 0.05) is 11.6 Å². The molecular formula is C15H11F2N3O. The Bertz CT molecular complexity index is 853. The predicted octanol–water partition coefficient (Wildman–Crippen LogP) is 2.69. The highest BCUT2D eigenvalue weighted by Crippen LogP contribution is 2.22. The zero-order chi connectivity index (χ0) is 15.0. The average molecular weight is 287 g/mol. The lowest BCUT2D eigenvalue weighted by molar-refractivity contribution is 0.572. The molecule has 21 heavy (non-hydrogen) atoms. The van der Waals surface area contributed by atoms with Crippen molar-refractivity contribution < 1.29 is 8.78 Å². The molecule has 0 atom stereocenters. The Kier molecular flexibility index (Phi) is 3.06. The zero-order valence-electron chi connectivity index (χ0n) is 10.8. The fourth-order valence-corrected chi connectivity index (χ4v) is 2.11. The minimum atomic E-state index is -0.849. The Labute approximate surface area is 118 Å². The fraction of sp³-hybridized carbons (Fsp3) is 0. The molecule has 3 aromatic rings. The normalized spacial score (nSPS) is 10.8. The highest BCUT2D eigenvalue weighted by molar-refractivity contribution is 5.72. The van der Waals surface area contributed by atoms with Gasteiger partial charge in [-0.05, 0) is 12.1 Å². The molecule has 3 N–H and O–H groups in total. The van der Waals surface area contributed by atoms with Gasteiger partial charge in [0.05, 0.1) is 5.69 Å². The maximum absolute atomic E-state index is 13.8. The van der Waals surface area contributed by atoms with Crippen LogP contribution in [0.25, 0.3) is 16.9 Å². The molecule has 0 unspecified atom stereocenters. The minimum Gasteiger partial charge on any atom is -0.392 e. The van der Waals surface area contributed by atoms with E-state index in [4.69, 9.17) is 5.73 Å². The van der Waals surface area contributed by atoms with E-state index in [1.807, 2.05) is 6.07 Å². The molecular weight excluding hydrogens is 276 g/mol. The number of H-pyrrole nitrogens is 1. The molecule has 1 heterocycles. The molecule has 1 aromatic heterocycles. The SMILES string of the molecule is Nc1c(-c2ccccc2)[nH]n(-c2ccc(F)cc2F)c1=O. The van der Waals surface area contributed by atoms with Crippen molar-refractivity contribution in [2.24, 2.45) is 0 Å². The number of nitrogens with two attached hydrogens (primary N) is 1. The number of aromatic nitrogens is 2. The van der Waals surface area contributed by atoms with Crippen LogP contribution in [0.15, 0.2) is 53.3 Å². The van der Waals surface area contributed by atoms with Gasteiger partial charge in [0.1, 0.15) is 17.2 Å². The van der Waals surface area contributed by atoms with Crippen molar-refractivity contribution in [3.63, 3.8) is 0 Å². The van der Waals surface area contributed by atoms with Gasteiger partial charge in [-0.3, -0.25) is 9.89 Å². The summed E-state index contributed by atoms with van der Waals surface area (Å²) in [5.74, 6) is -1.56. The van der Waals surface area contributed by atoms with Crippen LogP contribution in [-0.4, -0.2) is 9.78 Å². The van der Waals surface area contributed by atoms with E-state index in [0.29, 0.717) is 17.3 Å². The summed E-state index contributed by atoms with van der Waals surface area (Å²) in [7, 11) is 0. The van der Waals surface area contributed by atoms with Crippen molar-refractivity contribution in [3.8, 4) is 16.9 Å². The molecule has 0 spiro atoms. The lowest BCUT2D eigenvalue weighted by Gasteiger charge is -2.03. The Morgan fingerprint density at radius 3 is 2.43 bits per heavy atom. The predicted molar refractivity (Wildman–Crippen MR) is 76.2 cm³/mol. The number of nitrogens with zero attached hydrogens (tertiary/aromatic N) is 1. The van der Waals surface area contributed by atoms with Crippen LogP contribution in [0, 0.1) is 11.6 Å². The highest BCUT2D eigenvalue weighted by Gasteiger charge is 2.16. The number of hydrogen-bond donors (Lipinski definition) is 2. The van der Waals surface area contributed by atoms with Crippen molar-refractivity contribution in [2.75, 3.05) is 5.73 Å². The summed E-state index contributed by atoms with van der Waals surface area (Å²) >= 11 is 0. The van der Waals surface area contributed by atoms with E-state index in [1.54, 1.807) is 24.3 Å². The Morgan fingerprint density at radius 1 is 1.05 bits per heavy atom. The van der Waals surface area contributed by atoms with Crippen LogP contribution in [0.1, 0.15) is 0 Å². The Balaban J connectivity index is 2.20. The maximum atomic E-state index is 13.8. The molecule has 0 fully saturated rings. The third-order valence-corrected chi connectivity index (χ3v) is 3.14. The first-order valence-electron chi connectivity index (χ1n) is 6.19. The summed E-state index contributed by atoms with van der Waals surface area (Å²) in [6.07, 6.45) is 0. The molecule has 2 aromatic carbocycles. The number of benzene rings is 2. The number of halogens is 2. The summed E-state index contributed by atoms with van der Waals surface area (Å²) in [5.41, 5.74) is 6.19. The smallest absolute Gasteiger partial charge is 0.295 e. The molecule has 0 amide bonds. The number of hydrogen-bond acceptors (Lipinski definition) is 2. The molecule has 0 aliphatic carbocycles. The molecule has 0 radical (unpaired) electrons. The maximum Gasteiger partial charge on any atom is 0.295 e. The van der Waals surface area contributed by atoms with Crippen LogP contribution in [0.4, 0.5) is 14.5 Å². The topological polar surface area (TPSA) is 63.8 Å². The molecule has 106 valence electrons. The number of aromatic amines is 1. The first-order valence-corrected chi connectivity index (χ1v) is 6.19. The van der Waals surface area contributed by atoms with E-state index in [-0.39, 0.29) is 11.4 Å². The molecule has 0 bridgehead atoms. The van der Waals surface area contributed by atoms with E-state index in [1.165, 1.54) is 6.07 Å². The number of rotatable bonds is 2.